The van der Waals surface area contributed by atoms with Crippen molar-refractivity contribution in [3.63, 3.8) is 0 Å². The molecule has 0 atom stereocenters. The Labute approximate surface area is 220 Å². The summed E-state index contributed by atoms with van der Waals surface area (Å²) in [5.41, 5.74) is 5.59. The Balaban J connectivity index is 1.58. The monoisotopic (exact) mass is 500 g/mol. The van der Waals surface area contributed by atoms with Crippen LogP contribution in [0.25, 0.3) is 27.5 Å². The maximum absolute atomic E-state index is 14.0. The number of nitrogens with zero attached hydrogens (tertiary/aromatic N) is 2. The molecule has 4 aromatic carbocycles. The first-order chi connectivity index (χ1) is 18.3. The summed E-state index contributed by atoms with van der Waals surface area (Å²) in [7, 11) is 0. The molecule has 5 nitrogen and oxygen atoms in total. The van der Waals surface area contributed by atoms with Gasteiger partial charge >= 0.3 is 0 Å². The summed E-state index contributed by atoms with van der Waals surface area (Å²) >= 11 is 0. The van der Waals surface area contributed by atoms with Gasteiger partial charge in [-0.2, -0.15) is 0 Å². The van der Waals surface area contributed by atoms with Crippen LogP contribution in [0.3, 0.4) is 0 Å². The van der Waals surface area contributed by atoms with Crippen LogP contribution in [0, 0.1) is 0 Å². The van der Waals surface area contributed by atoms with Crippen LogP contribution in [0.1, 0.15) is 71.4 Å². The van der Waals surface area contributed by atoms with Crippen LogP contribution < -0.4 is 10.3 Å². The minimum Gasteiger partial charge on any atom is -0.309 e. The maximum Gasteiger partial charge on any atom is 0.266 e. The molecule has 0 N–H and O–H groups in total. The number of pyridine rings is 1. The van der Waals surface area contributed by atoms with Gasteiger partial charge in [-0.15, -0.1) is 0 Å². The lowest BCUT2D eigenvalue weighted by molar-refractivity contribution is 0.0925. The Kier molecular flexibility index (Phi) is 5.53. The fourth-order valence-electron chi connectivity index (χ4n) is 5.62. The van der Waals surface area contributed by atoms with Crippen molar-refractivity contribution in [1.29, 1.82) is 0 Å². The van der Waals surface area contributed by atoms with E-state index in [0.29, 0.717) is 27.6 Å². The lowest BCUT2D eigenvalue weighted by atomic mass is 9.92. The van der Waals surface area contributed by atoms with E-state index in [1.54, 1.807) is 12.1 Å². The van der Waals surface area contributed by atoms with Crippen molar-refractivity contribution in [2.24, 2.45) is 0 Å². The summed E-state index contributed by atoms with van der Waals surface area (Å²) < 4.78 is 1.99. The van der Waals surface area contributed by atoms with Crippen molar-refractivity contribution in [3.8, 4) is 5.69 Å². The molecule has 0 saturated heterocycles. The van der Waals surface area contributed by atoms with Gasteiger partial charge in [0.15, 0.2) is 5.43 Å². The van der Waals surface area contributed by atoms with E-state index in [-0.39, 0.29) is 29.1 Å². The minimum atomic E-state index is -0.323. The van der Waals surface area contributed by atoms with E-state index in [1.165, 1.54) is 4.90 Å². The van der Waals surface area contributed by atoms with Gasteiger partial charge in [0.05, 0.1) is 27.8 Å². The zero-order chi connectivity index (χ0) is 26.7. The molecule has 0 fully saturated rings. The Bertz CT molecular complexity index is 1760. The molecule has 1 aromatic heterocycles. The summed E-state index contributed by atoms with van der Waals surface area (Å²) in [6, 6.07) is 26.3. The number of carbonyl (C=O) groups excluding carboxylic acids is 2. The largest absolute Gasteiger partial charge is 0.309 e. The summed E-state index contributed by atoms with van der Waals surface area (Å²) in [6.07, 6.45) is 0. The van der Waals surface area contributed by atoms with Gasteiger partial charge in [-0.05, 0) is 65.4 Å². The zero-order valence-corrected chi connectivity index (χ0v) is 21.9. The number of fused-ring (bicyclic) bond motifs is 3. The quantitative estimate of drug-likeness (QED) is 0.194. The van der Waals surface area contributed by atoms with Crippen LogP contribution in [0.15, 0.2) is 89.7 Å². The van der Waals surface area contributed by atoms with E-state index in [0.717, 1.165) is 27.8 Å². The Morgan fingerprint density at radius 3 is 1.66 bits per heavy atom. The van der Waals surface area contributed by atoms with Gasteiger partial charge in [-0.1, -0.05) is 70.2 Å². The number of anilines is 1. The van der Waals surface area contributed by atoms with E-state index in [4.69, 9.17) is 0 Å². The molecular weight excluding hydrogens is 472 g/mol. The molecule has 0 bridgehead atoms. The van der Waals surface area contributed by atoms with E-state index in [2.05, 4.69) is 27.7 Å². The zero-order valence-electron chi connectivity index (χ0n) is 21.9. The van der Waals surface area contributed by atoms with Crippen molar-refractivity contribution >= 4 is 39.3 Å². The molecule has 0 spiro atoms. The number of imide groups is 1. The summed E-state index contributed by atoms with van der Waals surface area (Å²) in [5.74, 6) is -0.345. The summed E-state index contributed by atoms with van der Waals surface area (Å²) in [6.45, 7) is 8.30. The molecule has 6 rings (SSSR count). The molecule has 5 aromatic rings. The molecular formula is C33H28N2O3. The second-order valence-corrected chi connectivity index (χ2v) is 10.5. The van der Waals surface area contributed by atoms with E-state index in [9.17, 15) is 14.4 Å². The molecule has 2 heterocycles. The number of hydrogen-bond acceptors (Lipinski definition) is 3. The van der Waals surface area contributed by atoms with Crippen molar-refractivity contribution < 1.29 is 9.59 Å². The first-order valence-electron chi connectivity index (χ1n) is 13.0. The number of aromatic nitrogens is 1. The number of carbonyl (C=O) groups is 2. The van der Waals surface area contributed by atoms with Gasteiger partial charge < -0.3 is 4.57 Å². The normalized spacial score (nSPS) is 13.4. The second-order valence-electron chi connectivity index (χ2n) is 10.5. The third-order valence-electron chi connectivity index (χ3n) is 7.47. The SMILES string of the molecule is CC(C)c1cccc(C(C)C)c1N1C(=O)c2ccc(-n3c4ccccc4c(=O)c4ccccc43)cc2C1=O. The lowest BCUT2D eigenvalue weighted by Gasteiger charge is -2.25. The molecule has 5 heteroatoms. The molecule has 2 amide bonds. The number of benzene rings is 4. The highest BCUT2D eigenvalue weighted by Gasteiger charge is 2.39. The van der Waals surface area contributed by atoms with Gasteiger partial charge in [0.2, 0.25) is 0 Å². The first-order valence-corrected chi connectivity index (χ1v) is 13.0. The van der Waals surface area contributed by atoms with Gasteiger partial charge in [-0.3, -0.25) is 14.4 Å². The Hall–Kier alpha value is -4.51. The van der Waals surface area contributed by atoms with Crippen molar-refractivity contribution in [2.45, 2.75) is 39.5 Å². The number of para-hydroxylation sites is 3. The number of rotatable bonds is 4. The van der Waals surface area contributed by atoms with Crippen molar-refractivity contribution in [3.05, 3.63) is 117 Å². The third kappa shape index (κ3) is 3.42. The maximum atomic E-state index is 14.0. The Morgan fingerprint density at radius 2 is 1.11 bits per heavy atom. The topological polar surface area (TPSA) is 59.4 Å². The molecule has 0 radical (unpaired) electrons. The average molecular weight is 501 g/mol. The predicted octanol–water partition coefficient (Wildman–Crippen LogP) is 7.19. The smallest absolute Gasteiger partial charge is 0.266 e. The van der Waals surface area contributed by atoms with Gasteiger partial charge in [0.1, 0.15) is 0 Å². The highest BCUT2D eigenvalue weighted by Crippen LogP contribution is 2.40. The van der Waals surface area contributed by atoms with E-state index >= 15 is 0 Å². The van der Waals surface area contributed by atoms with Crippen molar-refractivity contribution in [1.82, 2.24) is 4.57 Å². The van der Waals surface area contributed by atoms with E-state index < -0.39 is 0 Å². The van der Waals surface area contributed by atoms with Gasteiger partial charge in [-0.25, -0.2) is 4.90 Å². The fourth-order valence-corrected chi connectivity index (χ4v) is 5.62. The van der Waals surface area contributed by atoms with Crippen LogP contribution >= 0.6 is 0 Å². The first kappa shape index (κ1) is 23.9. The molecule has 1 aliphatic heterocycles. The van der Waals surface area contributed by atoms with Crippen LogP contribution in [-0.2, 0) is 0 Å². The molecule has 0 saturated carbocycles. The molecule has 0 aliphatic carbocycles. The molecule has 1 aliphatic rings. The summed E-state index contributed by atoms with van der Waals surface area (Å²) in [5, 5.41) is 1.20. The van der Waals surface area contributed by atoms with Gasteiger partial charge in [0.25, 0.3) is 11.8 Å². The minimum absolute atomic E-state index is 0.0300. The number of hydrogen-bond donors (Lipinski definition) is 0. The fraction of sp³-hybridized carbons (Fsp3) is 0.182. The van der Waals surface area contributed by atoms with E-state index in [1.807, 2.05) is 77.4 Å². The molecule has 38 heavy (non-hydrogen) atoms. The van der Waals surface area contributed by atoms with Crippen LogP contribution in [0.2, 0.25) is 0 Å². The second kappa shape index (κ2) is 8.80. The molecule has 0 unspecified atom stereocenters. The van der Waals surface area contributed by atoms with Crippen LogP contribution in [0.4, 0.5) is 5.69 Å². The Morgan fingerprint density at radius 1 is 0.579 bits per heavy atom. The summed E-state index contributed by atoms with van der Waals surface area (Å²) in [4.78, 5) is 42.3. The number of amides is 2. The predicted molar refractivity (Wildman–Crippen MR) is 153 cm³/mol. The lowest BCUT2D eigenvalue weighted by Crippen LogP contribution is -2.31. The standard InChI is InChI=1S/C33H28N2O3/c1-19(2)22-12-9-13-23(20(3)4)30(22)35-32(37)24-17-16-21(18-27(24)33(35)38)34-28-14-7-5-10-25(28)31(36)26-11-6-8-15-29(26)34/h5-20H,1-4H3. The average Bonchev–Trinajstić information content (AvgIpc) is 3.17. The van der Waals surface area contributed by atoms with Gasteiger partial charge in [0, 0.05) is 16.5 Å². The van der Waals surface area contributed by atoms with Crippen molar-refractivity contribution in [2.75, 3.05) is 4.90 Å². The highest BCUT2D eigenvalue weighted by atomic mass is 16.2. The highest BCUT2D eigenvalue weighted by molar-refractivity contribution is 6.35. The third-order valence-corrected chi connectivity index (χ3v) is 7.47. The van der Waals surface area contributed by atoms with Crippen LogP contribution in [0.5, 0.6) is 0 Å². The van der Waals surface area contributed by atoms with Crippen LogP contribution in [-0.4, -0.2) is 16.4 Å². The molecule has 188 valence electrons.